The minimum absolute atomic E-state index is 0.0154. The van der Waals surface area contributed by atoms with E-state index < -0.39 is 0 Å². The fourth-order valence-corrected chi connectivity index (χ4v) is 2.95. The summed E-state index contributed by atoms with van der Waals surface area (Å²) >= 11 is 1.33. The highest BCUT2D eigenvalue weighted by molar-refractivity contribution is 8.00. The van der Waals surface area contributed by atoms with Crippen molar-refractivity contribution in [3.63, 3.8) is 0 Å². The molecule has 0 spiro atoms. The summed E-state index contributed by atoms with van der Waals surface area (Å²) in [4.78, 5) is 16.2. The Morgan fingerprint density at radius 1 is 1.37 bits per heavy atom. The summed E-state index contributed by atoms with van der Waals surface area (Å²) in [5.74, 6) is 0.248. The lowest BCUT2D eigenvalue weighted by molar-refractivity contribution is -0.115. The molecule has 0 saturated carbocycles. The van der Waals surface area contributed by atoms with Gasteiger partial charge in [-0.25, -0.2) is 5.10 Å². The van der Waals surface area contributed by atoms with E-state index in [4.69, 9.17) is 5.73 Å². The molecular formula is C12H13N5OS. The average molecular weight is 275 g/mol. The van der Waals surface area contributed by atoms with E-state index >= 15 is 0 Å². The number of thioether (sulfide) groups is 1. The Kier molecular flexibility index (Phi) is 3.12. The van der Waals surface area contributed by atoms with Gasteiger partial charge in [0, 0.05) is 5.69 Å². The van der Waals surface area contributed by atoms with Crippen molar-refractivity contribution in [2.75, 3.05) is 11.1 Å². The van der Waals surface area contributed by atoms with Gasteiger partial charge in [-0.3, -0.25) is 4.79 Å². The van der Waals surface area contributed by atoms with Gasteiger partial charge in [0.2, 0.25) is 17.0 Å². The van der Waals surface area contributed by atoms with Crippen molar-refractivity contribution in [2.45, 2.75) is 23.2 Å². The van der Waals surface area contributed by atoms with Crippen molar-refractivity contribution >= 4 is 29.3 Å². The largest absolute Gasteiger partial charge is 0.368 e. The number of carbonyl (C=O) groups is 1. The molecule has 1 unspecified atom stereocenters. The number of benzene rings is 1. The van der Waals surface area contributed by atoms with Crippen LogP contribution in [-0.2, 0) is 11.2 Å². The Bertz CT molecular complexity index is 612. The summed E-state index contributed by atoms with van der Waals surface area (Å²) in [6.07, 6.45) is 1.61. The maximum Gasteiger partial charge on any atom is 0.237 e. The lowest BCUT2D eigenvalue weighted by atomic mass is 10.1. The third-order valence-electron chi connectivity index (χ3n) is 2.97. The summed E-state index contributed by atoms with van der Waals surface area (Å²) in [5.41, 5.74) is 7.53. The number of rotatable bonds is 2. The Morgan fingerprint density at radius 2 is 2.21 bits per heavy atom. The average Bonchev–Trinajstić information content (AvgIpc) is 2.74. The van der Waals surface area contributed by atoms with Crippen LogP contribution in [0, 0.1) is 0 Å². The number of aromatic amines is 1. The van der Waals surface area contributed by atoms with Crippen LogP contribution in [0.5, 0.6) is 0 Å². The van der Waals surface area contributed by atoms with E-state index in [-0.39, 0.29) is 17.1 Å². The number of aromatic nitrogens is 3. The number of hydrogen-bond donors (Lipinski definition) is 3. The van der Waals surface area contributed by atoms with Crippen LogP contribution in [0.2, 0.25) is 0 Å². The van der Waals surface area contributed by atoms with Gasteiger partial charge in [-0.05, 0) is 24.5 Å². The number of fused-ring (bicyclic) bond motifs is 1. The molecule has 1 aliphatic rings. The second-order valence-corrected chi connectivity index (χ2v) is 5.46. The molecule has 0 bridgehead atoms. The van der Waals surface area contributed by atoms with E-state index in [0.717, 1.165) is 24.1 Å². The van der Waals surface area contributed by atoms with E-state index in [2.05, 4.69) is 20.5 Å². The number of nitrogens with zero attached hydrogens (tertiary/aromatic N) is 2. The molecule has 0 aliphatic carbocycles. The number of anilines is 2. The SMILES string of the molecule is Nc1nc(SC2CCc3ccccc3NC2=O)n[nH]1. The number of hydrogen-bond acceptors (Lipinski definition) is 5. The lowest BCUT2D eigenvalue weighted by Crippen LogP contribution is -2.23. The Balaban J connectivity index is 1.77. The summed E-state index contributed by atoms with van der Waals surface area (Å²) in [6, 6.07) is 7.86. The maximum absolute atomic E-state index is 12.2. The first kappa shape index (κ1) is 12.0. The monoisotopic (exact) mass is 275 g/mol. The number of nitrogens with two attached hydrogens (primary N) is 1. The number of para-hydroxylation sites is 1. The van der Waals surface area contributed by atoms with Crippen molar-refractivity contribution in [3.8, 4) is 0 Å². The highest BCUT2D eigenvalue weighted by Crippen LogP contribution is 2.29. The van der Waals surface area contributed by atoms with E-state index in [1.807, 2.05) is 24.3 Å². The van der Waals surface area contributed by atoms with Crippen molar-refractivity contribution in [1.82, 2.24) is 15.2 Å². The highest BCUT2D eigenvalue weighted by Gasteiger charge is 2.25. The van der Waals surface area contributed by atoms with E-state index in [0.29, 0.717) is 5.16 Å². The van der Waals surface area contributed by atoms with Crippen molar-refractivity contribution in [2.24, 2.45) is 0 Å². The summed E-state index contributed by atoms with van der Waals surface area (Å²) in [6.45, 7) is 0. The molecule has 98 valence electrons. The van der Waals surface area contributed by atoms with Crippen LogP contribution in [0.25, 0.3) is 0 Å². The number of amides is 1. The van der Waals surface area contributed by atoms with Gasteiger partial charge in [0.25, 0.3) is 0 Å². The number of aryl methyl sites for hydroxylation is 1. The van der Waals surface area contributed by atoms with Gasteiger partial charge in [-0.1, -0.05) is 30.0 Å². The summed E-state index contributed by atoms with van der Waals surface area (Å²) in [5, 5.41) is 9.76. The number of nitrogen functional groups attached to an aromatic ring is 1. The molecule has 1 amide bonds. The third-order valence-corrected chi connectivity index (χ3v) is 4.10. The first-order chi connectivity index (χ1) is 9.22. The van der Waals surface area contributed by atoms with Crippen LogP contribution in [0.4, 0.5) is 11.6 Å². The summed E-state index contributed by atoms with van der Waals surface area (Å²) in [7, 11) is 0. The standard InChI is InChI=1S/C12H13N5OS/c13-11-15-12(17-16-11)19-9-6-5-7-3-1-2-4-8(7)14-10(9)18/h1-4,9H,5-6H2,(H,14,18)(H3,13,15,16,17). The molecule has 19 heavy (non-hydrogen) atoms. The van der Waals surface area contributed by atoms with Crippen LogP contribution in [0.3, 0.4) is 0 Å². The van der Waals surface area contributed by atoms with Crippen LogP contribution in [0.1, 0.15) is 12.0 Å². The Hall–Kier alpha value is -2.02. The van der Waals surface area contributed by atoms with Crippen molar-refractivity contribution in [3.05, 3.63) is 29.8 Å². The minimum atomic E-state index is -0.206. The van der Waals surface area contributed by atoms with Crippen LogP contribution >= 0.6 is 11.8 Å². The fourth-order valence-electron chi connectivity index (χ4n) is 2.04. The topological polar surface area (TPSA) is 96.7 Å². The second kappa shape index (κ2) is 4.93. The fraction of sp³-hybridized carbons (Fsp3) is 0.250. The zero-order chi connectivity index (χ0) is 13.2. The highest BCUT2D eigenvalue weighted by atomic mass is 32.2. The molecule has 2 heterocycles. The Morgan fingerprint density at radius 3 is 3.00 bits per heavy atom. The van der Waals surface area contributed by atoms with Gasteiger partial charge in [-0.2, -0.15) is 4.98 Å². The number of H-pyrrole nitrogens is 1. The summed E-state index contributed by atoms with van der Waals surface area (Å²) < 4.78 is 0. The number of carbonyl (C=O) groups excluding carboxylic acids is 1. The molecular weight excluding hydrogens is 262 g/mol. The minimum Gasteiger partial charge on any atom is -0.368 e. The molecule has 1 aromatic heterocycles. The van der Waals surface area contributed by atoms with Gasteiger partial charge in [0.15, 0.2) is 0 Å². The molecule has 1 aliphatic heterocycles. The second-order valence-electron chi connectivity index (χ2n) is 4.29. The Labute approximate surface area is 114 Å². The van der Waals surface area contributed by atoms with E-state index in [1.165, 1.54) is 11.8 Å². The van der Waals surface area contributed by atoms with Crippen LogP contribution < -0.4 is 11.1 Å². The van der Waals surface area contributed by atoms with Crippen LogP contribution in [0.15, 0.2) is 29.4 Å². The smallest absolute Gasteiger partial charge is 0.237 e. The predicted molar refractivity (Wildman–Crippen MR) is 73.8 cm³/mol. The lowest BCUT2D eigenvalue weighted by Gasteiger charge is -2.09. The molecule has 6 nitrogen and oxygen atoms in total. The molecule has 7 heteroatoms. The molecule has 0 radical (unpaired) electrons. The van der Waals surface area contributed by atoms with E-state index in [1.54, 1.807) is 0 Å². The number of nitrogens with one attached hydrogen (secondary N) is 2. The molecule has 1 atom stereocenters. The maximum atomic E-state index is 12.2. The quantitative estimate of drug-likeness (QED) is 0.770. The van der Waals surface area contributed by atoms with Gasteiger partial charge in [0.1, 0.15) is 0 Å². The van der Waals surface area contributed by atoms with E-state index in [9.17, 15) is 4.79 Å². The van der Waals surface area contributed by atoms with Crippen molar-refractivity contribution < 1.29 is 4.79 Å². The van der Waals surface area contributed by atoms with Gasteiger partial charge in [-0.15, -0.1) is 5.10 Å². The van der Waals surface area contributed by atoms with Gasteiger partial charge >= 0.3 is 0 Å². The zero-order valence-corrected chi connectivity index (χ0v) is 10.9. The first-order valence-electron chi connectivity index (χ1n) is 5.95. The zero-order valence-electron chi connectivity index (χ0n) is 10.1. The molecule has 4 N–H and O–H groups in total. The van der Waals surface area contributed by atoms with Crippen LogP contribution in [-0.4, -0.2) is 26.3 Å². The molecule has 1 aromatic carbocycles. The molecule has 3 rings (SSSR count). The van der Waals surface area contributed by atoms with Crippen molar-refractivity contribution in [1.29, 1.82) is 0 Å². The normalized spacial score (nSPS) is 18.5. The van der Waals surface area contributed by atoms with Gasteiger partial charge in [0.05, 0.1) is 5.25 Å². The molecule has 0 fully saturated rings. The molecule has 0 saturated heterocycles. The third kappa shape index (κ3) is 2.55. The predicted octanol–water partition coefficient (Wildman–Crippen LogP) is 1.43. The molecule has 2 aromatic rings. The first-order valence-corrected chi connectivity index (χ1v) is 6.83. The van der Waals surface area contributed by atoms with Gasteiger partial charge < -0.3 is 11.1 Å².